The molecule has 1 aromatic heterocycles. The number of thioether (sulfide) groups is 1. The van der Waals surface area contributed by atoms with E-state index in [2.05, 4.69) is 34.0 Å². The van der Waals surface area contributed by atoms with Crippen LogP contribution in [-0.4, -0.2) is 51.3 Å². The Hall–Kier alpha value is -1.86. The third-order valence-electron chi connectivity index (χ3n) is 3.29. The average Bonchev–Trinajstić information content (AvgIpc) is 3.02. The second-order valence-corrected chi connectivity index (χ2v) is 5.63. The van der Waals surface area contributed by atoms with E-state index in [-0.39, 0.29) is 11.6 Å². The molecule has 1 N–H and O–H groups in total. The quantitative estimate of drug-likeness (QED) is 0.349. The van der Waals surface area contributed by atoms with Crippen molar-refractivity contribution in [1.29, 1.82) is 0 Å². The smallest absolute Gasteiger partial charge is 0.281 e. The molecular formula is C15H20N4O2S. The monoisotopic (exact) mass is 320 g/mol. The molecule has 0 aliphatic heterocycles. The van der Waals surface area contributed by atoms with Gasteiger partial charge in [0.25, 0.3) is 5.89 Å². The molecular weight excluding hydrogens is 300 g/mol. The van der Waals surface area contributed by atoms with Crippen LogP contribution in [-0.2, 0) is 0 Å². The summed E-state index contributed by atoms with van der Waals surface area (Å²) in [6.45, 7) is 7.32. The van der Waals surface area contributed by atoms with Crippen molar-refractivity contribution in [3.05, 3.63) is 41.8 Å². The maximum Gasteiger partial charge on any atom is 0.281 e. The molecule has 6 nitrogen and oxygen atoms in total. The first kappa shape index (κ1) is 16.5. The number of hydrogen-bond acceptors (Lipinski definition) is 7. The van der Waals surface area contributed by atoms with Gasteiger partial charge in [-0.3, -0.25) is 0 Å². The molecule has 22 heavy (non-hydrogen) atoms. The molecule has 0 spiro atoms. The van der Waals surface area contributed by atoms with Crippen molar-refractivity contribution in [3.63, 3.8) is 0 Å². The van der Waals surface area contributed by atoms with Crippen LogP contribution in [0.15, 0.2) is 45.2 Å². The maximum absolute atomic E-state index is 9.20. The molecule has 0 atom stereocenters. The molecule has 1 aromatic carbocycles. The Morgan fingerprint density at radius 1 is 1.27 bits per heavy atom. The predicted octanol–water partition coefficient (Wildman–Crippen LogP) is 2.73. The molecule has 0 saturated carbocycles. The van der Waals surface area contributed by atoms with Gasteiger partial charge in [-0.25, -0.2) is 0 Å². The summed E-state index contributed by atoms with van der Waals surface area (Å²) in [7, 11) is 0. The lowest BCUT2D eigenvalue weighted by atomic mass is 10.1. The van der Waals surface area contributed by atoms with Gasteiger partial charge in [0.05, 0.1) is 0 Å². The highest BCUT2D eigenvalue weighted by Gasteiger charge is 2.16. The largest absolute Gasteiger partial charge is 0.410 e. The summed E-state index contributed by atoms with van der Waals surface area (Å²) in [6, 6.07) is 9.26. The van der Waals surface area contributed by atoms with Gasteiger partial charge in [0.15, 0.2) is 5.71 Å². The van der Waals surface area contributed by atoms with E-state index in [9.17, 15) is 5.21 Å². The highest BCUT2D eigenvalue weighted by Crippen LogP contribution is 2.16. The lowest BCUT2D eigenvalue weighted by molar-refractivity contribution is 0.316. The number of oxime groups is 1. The molecule has 1 heterocycles. The Labute approximate surface area is 134 Å². The van der Waals surface area contributed by atoms with Crippen molar-refractivity contribution in [2.45, 2.75) is 19.0 Å². The molecule has 2 rings (SSSR count). The van der Waals surface area contributed by atoms with Gasteiger partial charge in [-0.2, -0.15) is 4.98 Å². The topological polar surface area (TPSA) is 74.8 Å². The lowest BCUT2D eigenvalue weighted by Crippen LogP contribution is -2.25. The van der Waals surface area contributed by atoms with Crippen molar-refractivity contribution in [3.8, 4) is 0 Å². The molecule has 0 radical (unpaired) electrons. The molecule has 0 fully saturated rings. The van der Waals surface area contributed by atoms with Crippen LogP contribution in [0.25, 0.3) is 0 Å². The highest BCUT2D eigenvalue weighted by atomic mass is 32.2. The van der Waals surface area contributed by atoms with Crippen LogP contribution in [0.5, 0.6) is 0 Å². The minimum atomic E-state index is 0.221. The standard InChI is InChI=1S/C15H20N4O2S/c1-3-19(4-2)10-11-22-15-16-14(21-18-15)13(17-20)12-8-6-5-7-9-12/h5-9,20H,3-4,10-11H2,1-2H3. The van der Waals surface area contributed by atoms with Crippen LogP contribution >= 0.6 is 11.8 Å². The maximum atomic E-state index is 9.20. The van der Waals surface area contributed by atoms with Gasteiger partial charge in [0.1, 0.15) is 0 Å². The third kappa shape index (κ3) is 4.32. The van der Waals surface area contributed by atoms with E-state index in [1.165, 1.54) is 11.8 Å². The lowest BCUT2D eigenvalue weighted by Gasteiger charge is -2.16. The minimum Gasteiger partial charge on any atom is -0.410 e. The zero-order valence-corrected chi connectivity index (χ0v) is 13.6. The van der Waals surface area contributed by atoms with Crippen molar-refractivity contribution in [2.24, 2.45) is 5.16 Å². The number of benzene rings is 1. The SMILES string of the molecule is CCN(CC)CCSc1noc(C(=NO)c2ccccc2)n1. The Morgan fingerprint density at radius 2 is 2.00 bits per heavy atom. The second kappa shape index (κ2) is 8.55. The van der Waals surface area contributed by atoms with E-state index in [4.69, 9.17) is 4.52 Å². The van der Waals surface area contributed by atoms with Gasteiger partial charge in [0.2, 0.25) is 5.16 Å². The van der Waals surface area contributed by atoms with Gasteiger partial charge < -0.3 is 14.6 Å². The van der Waals surface area contributed by atoms with E-state index in [0.29, 0.717) is 5.16 Å². The van der Waals surface area contributed by atoms with Crippen molar-refractivity contribution >= 4 is 17.5 Å². The fourth-order valence-electron chi connectivity index (χ4n) is 1.99. The first-order chi connectivity index (χ1) is 10.8. The van der Waals surface area contributed by atoms with E-state index in [1.807, 2.05) is 30.3 Å². The summed E-state index contributed by atoms with van der Waals surface area (Å²) in [5.74, 6) is 1.11. The minimum absolute atomic E-state index is 0.221. The van der Waals surface area contributed by atoms with Gasteiger partial charge in [0, 0.05) is 17.9 Å². The van der Waals surface area contributed by atoms with Crippen LogP contribution in [0.4, 0.5) is 0 Å². The number of nitrogens with zero attached hydrogens (tertiary/aromatic N) is 4. The zero-order chi connectivity index (χ0) is 15.8. The molecule has 0 unspecified atom stereocenters. The highest BCUT2D eigenvalue weighted by molar-refractivity contribution is 7.99. The number of hydrogen-bond donors (Lipinski definition) is 1. The van der Waals surface area contributed by atoms with Crippen LogP contribution in [0.3, 0.4) is 0 Å². The van der Waals surface area contributed by atoms with Crippen molar-refractivity contribution < 1.29 is 9.73 Å². The summed E-state index contributed by atoms with van der Waals surface area (Å²) < 4.78 is 5.20. The van der Waals surface area contributed by atoms with E-state index >= 15 is 0 Å². The van der Waals surface area contributed by atoms with Crippen LogP contribution in [0, 0.1) is 0 Å². The average molecular weight is 320 g/mol. The van der Waals surface area contributed by atoms with Gasteiger partial charge in [-0.05, 0) is 18.2 Å². The van der Waals surface area contributed by atoms with Gasteiger partial charge in [-0.1, -0.05) is 61.1 Å². The van der Waals surface area contributed by atoms with E-state index < -0.39 is 0 Å². The molecule has 0 aliphatic rings. The van der Waals surface area contributed by atoms with Gasteiger partial charge >= 0.3 is 0 Å². The summed E-state index contributed by atoms with van der Waals surface area (Å²) in [4.78, 5) is 6.61. The number of aromatic nitrogens is 2. The predicted molar refractivity (Wildman–Crippen MR) is 86.7 cm³/mol. The van der Waals surface area contributed by atoms with Crippen LogP contribution in [0.2, 0.25) is 0 Å². The van der Waals surface area contributed by atoms with Gasteiger partial charge in [-0.15, -0.1) is 0 Å². The molecule has 2 aromatic rings. The van der Waals surface area contributed by atoms with Crippen LogP contribution in [0.1, 0.15) is 25.3 Å². The summed E-state index contributed by atoms with van der Waals surface area (Å²) in [5.41, 5.74) is 1.01. The zero-order valence-electron chi connectivity index (χ0n) is 12.8. The molecule has 0 aliphatic carbocycles. The number of rotatable bonds is 8. The molecule has 0 bridgehead atoms. The Morgan fingerprint density at radius 3 is 2.64 bits per heavy atom. The Balaban J connectivity index is 1.99. The summed E-state index contributed by atoms with van der Waals surface area (Å²) in [6.07, 6.45) is 0. The first-order valence-corrected chi connectivity index (χ1v) is 8.23. The van der Waals surface area contributed by atoms with Crippen LogP contribution < -0.4 is 0 Å². The summed E-state index contributed by atoms with van der Waals surface area (Å²) >= 11 is 1.53. The van der Waals surface area contributed by atoms with Crippen molar-refractivity contribution in [2.75, 3.05) is 25.4 Å². The molecule has 0 amide bonds. The molecule has 0 saturated heterocycles. The Kier molecular flexibility index (Phi) is 6.42. The normalized spacial score (nSPS) is 12.0. The first-order valence-electron chi connectivity index (χ1n) is 7.25. The fraction of sp³-hybridized carbons (Fsp3) is 0.400. The third-order valence-corrected chi connectivity index (χ3v) is 4.10. The van der Waals surface area contributed by atoms with Crippen molar-refractivity contribution in [1.82, 2.24) is 15.0 Å². The fourth-order valence-corrected chi connectivity index (χ4v) is 2.76. The molecule has 118 valence electrons. The van der Waals surface area contributed by atoms with E-state index in [1.54, 1.807) is 0 Å². The summed E-state index contributed by atoms with van der Waals surface area (Å²) in [5, 5.41) is 17.0. The van der Waals surface area contributed by atoms with E-state index in [0.717, 1.165) is 31.0 Å². The molecule has 7 heteroatoms. The Bertz CT molecular complexity index is 597. The second-order valence-electron chi connectivity index (χ2n) is 4.57.